The summed E-state index contributed by atoms with van der Waals surface area (Å²) < 4.78 is 12.2. The number of pyridine rings is 1. The van der Waals surface area contributed by atoms with E-state index in [-0.39, 0.29) is 5.56 Å². The molecule has 0 aliphatic rings. The van der Waals surface area contributed by atoms with Crippen molar-refractivity contribution in [3.05, 3.63) is 71.9 Å². The van der Waals surface area contributed by atoms with E-state index in [1.54, 1.807) is 36.9 Å². The number of primary amides is 1. The summed E-state index contributed by atoms with van der Waals surface area (Å²) in [5, 5.41) is 6.99. The van der Waals surface area contributed by atoms with Crippen LogP contribution in [-0.2, 0) is 9.53 Å². The largest absolute Gasteiger partial charge is 0.497 e. The molecule has 10 nitrogen and oxygen atoms in total. The van der Waals surface area contributed by atoms with Crippen LogP contribution >= 0.6 is 0 Å². The van der Waals surface area contributed by atoms with Crippen LogP contribution in [0.1, 0.15) is 23.0 Å². The van der Waals surface area contributed by atoms with Crippen LogP contribution in [0.5, 0.6) is 5.75 Å². The predicted molar refractivity (Wildman–Crippen MR) is 128 cm³/mol. The number of imide groups is 1. The normalized spacial score (nSPS) is 11.6. The number of carbonyl (C=O) groups excluding carboxylic acids is 3. The number of ether oxygens (including phenoxy) is 2. The summed E-state index contributed by atoms with van der Waals surface area (Å²) in [5.74, 6) is -0.924. The van der Waals surface area contributed by atoms with E-state index in [1.807, 2.05) is 47.8 Å². The molecule has 178 valence electrons. The van der Waals surface area contributed by atoms with Gasteiger partial charge in [0.2, 0.25) is 0 Å². The Bertz CT molecular complexity index is 1410. The number of carbonyl (C=O) groups is 3. The summed E-state index contributed by atoms with van der Waals surface area (Å²) >= 11 is 0. The zero-order valence-corrected chi connectivity index (χ0v) is 19.3. The molecule has 0 aliphatic heterocycles. The maximum absolute atomic E-state index is 13.2. The summed E-state index contributed by atoms with van der Waals surface area (Å²) in [4.78, 5) is 41.1. The van der Waals surface area contributed by atoms with E-state index in [0.717, 1.165) is 11.3 Å². The maximum Gasteiger partial charge on any atom is 0.339 e. The number of para-hydroxylation sites is 1. The molecule has 2 aromatic carbocycles. The van der Waals surface area contributed by atoms with Gasteiger partial charge in [-0.15, -0.1) is 0 Å². The highest BCUT2D eigenvalue weighted by atomic mass is 16.5. The van der Waals surface area contributed by atoms with E-state index in [2.05, 4.69) is 5.10 Å². The average Bonchev–Trinajstić information content (AvgIpc) is 3.20. The molecular weight excluding hydrogens is 450 g/mol. The second kappa shape index (κ2) is 9.64. The standard InChI is InChI=1S/C25H23N5O5/c1-14-21-19(24(32)35-15(2)23(31)28-25(26)33)13-20(16-9-11-18(34-3)12-10-16)27-22(21)30(29-14)17-7-5-4-6-8-17/h4-13,15H,1-3H3,(H3,26,28,31,33)/t15-/m1/s1. The second-order valence-corrected chi connectivity index (χ2v) is 7.72. The molecule has 3 N–H and O–H groups in total. The third-order valence-corrected chi connectivity index (χ3v) is 5.32. The summed E-state index contributed by atoms with van der Waals surface area (Å²) in [6.45, 7) is 3.11. The van der Waals surface area contributed by atoms with Crippen molar-refractivity contribution in [1.29, 1.82) is 0 Å². The predicted octanol–water partition coefficient (Wildman–Crippen LogP) is 3.14. The Kier molecular flexibility index (Phi) is 6.45. The summed E-state index contributed by atoms with van der Waals surface area (Å²) in [6.07, 6.45) is -1.26. The second-order valence-electron chi connectivity index (χ2n) is 7.72. The highest BCUT2D eigenvalue weighted by molar-refractivity contribution is 6.06. The summed E-state index contributed by atoms with van der Waals surface area (Å²) in [6, 6.07) is 17.2. The fraction of sp³-hybridized carbons (Fsp3) is 0.160. The van der Waals surface area contributed by atoms with E-state index in [0.29, 0.717) is 28.2 Å². The van der Waals surface area contributed by atoms with Crippen molar-refractivity contribution in [2.24, 2.45) is 5.73 Å². The van der Waals surface area contributed by atoms with Gasteiger partial charge in [0.15, 0.2) is 11.8 Å². The third kappa shape index (κ3) is 4.81. The first-order chi connectivity index (χ1) is 16.8. The Labute approximate surface area is 200 Å². The van der Waals surface area contributed by atoms with E-state index in [4.69, 9.17) is 20.2 Å². The van der Waals surface area contributed by atoms with E-state index < -0.39 is 24.0 Å². The SMILES string of the molecule is COc1ccc(-c2cc(C(=O)O[C@H](C)C(=O)NC(N)=O)c3c(C)nn(-c4ccccc4)c3n2)cc1. The number of urea groups is 1. The molecule has 0 unspecified atom stereocenters. The van der Waals surface area contributed by atoms with Crippen LogP contribution in [0.2, 0.25) is 0 Å². The van der Waals surface area contributed by atoms with Gasteiger partial charge in [0.25, 0.3) is 5.91 Å². The van der Waals surface area contributed by atoms with Gasteiger partial charge in [-0.2, -0.15) is 5.10 Å². The topological polar surface area (TPSA) is 138 Å². The summed E-state index contributed by atoms with van der Waals surface area (Å²) in [5.41, 5.74) is 8.17. The lowest BCUT2D eigenvalue weighted by Gasteiger charge is -2.14. The van der Waals surface area contributed by atoms with Crippen molar-refractivity contribution in [2.45, 2.75) is 20.0 Å². The fourth-order valence-corrected chi connectivity index (χ4v) is 3.61. The number of benzene rings is 2. The first-order valence-corrected chi connectivity index (χ1v) is 10.7. The molecule has 4 rings (SSSR count). The number of hydrogen-bond acceptors (Lipinski definition) is 7. The molecule has 0 bridgehead atoms. The molecule has 0 aliphatic carbocycles. The molecule has 10 heteroatoms. The van der Waals surface area contributed by atoms with E-state index >= 15 is 0 Å². The zero-order chi connectivity index (χ0) is 25.1. The molecule has 2 aromatic heterocycles. The molecule has 0 fully saturated rings. The smallest absolute Gasteiger partial charge is 0.339 e. The van der Waals surface area contributed by atoms with E-state index in [1.165, 1.54) is 6.92 Å². The van der Waals surface area contributed by atoms with Crippen molar-refractivity contribution >= 4 is 28.9 Å². The van der Waals surface area contributed by atoms with Crippen LogP contribution in [0.15, 0.2) is 60.7 Å². The lowest BCUT2D eigenvalue weighted by Crippen LogP contribution is -2.42. The Morgan fingerprint density at radius 2 is 1.74 bits per heavy atom. The van der Waals surface area contributed by atoms with Crippen molar-refractivity contribution in [2.75, 3.05) is 7.11 Å². The molecule has 1 atom stereocenters. The highest BCUT2D eigenvalue weighted by Gasteiger charge is 2.25. The van der Waals surface area contributed by atoms with Gasteiger partial charge >= 0.3 is 12.0 Å². The third-order valence-electron chi connectivity index (χ3n) is 5.32. The lowest BCUT2D eigenvalue weighted by molar-refractivity contribution is -0.127. The first kappa shape index (κ1) is 23.4. The fourth-order valence-electron chi connectivity index (χ4n) is 3.61. The van der Waals surface area contributed by atoms with Crippen molar-refractivity contribution in [3.8, 4) is 22.7 Å². The van der Waals surface area contributed by atoms with E-state index in [9.17, 15) is 14.4 Å². The van der Waals surface area contributed by atoms with Crippen molar-refractivity contribution in [1.82, 2.24) is 20.1 Å². The molecular formula is C25H23N5O5. The van der Waals surface area contributed by atoms with Crippen LogP contribution < -0.4 is 15.8 Å². The minimum absolute atomic E-state index is 0.180. The maximum atomic E-state index is 13.2. The molecule has 0 radical (unpaired) electrons. The number of aryl methyl sites for hydroxylation is 1. The van der Waals surface area contributed by atoms with Crippen LogP contribution in [0.4, 0.5) is 4.79 Å². The first-order valence-electron chi connectivity index (χ1n) is 10.7. The van der Waals surface area contributed by atoms with Crippen molar-refractivity contribution in [3.63, 3.8) is 0 Å². The van der Waals surface area contributed by atoms with Crippen LogP contribution in [0.25, 0.3) is 28.0 Å². The van der Waals surface area contributed by atoms with Crippen LogP contribution in [0.3, 0.4) is 0 Å². The molecule has 3 amide bonds. The highest BCUT2D eigenvalue weighted by Crippen LogP contribution is 2.30. The van der Waals surface area contributed by atoms with Gasteiger partial charge in [-0.3, -0.25) is 10.1 Å². The number of fused-ring (bicyclic) bond motifs is 1. The molecule has 0 saturated carbocycles. The van der Waals surface area contributed by atoms with Gasteiger partial charge in [-0.25, -0.2) is 19.3 Å². The van der Waals surface area contributed by atoms with Gasteiger partial charge in [0.1, 0.15) is 5.75 Å². The van der Waals surface area contributed by atoms with Gasteiger partial charge in [-0.1, -0.05) is 18.2 Å². The minimum atomic E-state index is -1.26. The molecule has 4 aromatic rings. The number of nitrogens with one attached hydrogen (secondary N) is 1. The zero-order valence-electron chi connectivity index (χ0n) is 19.3. The Morgan fingerprint density at radius 3 is 2.37 bits per heavy atom. The van der Waals surface area contributed by atoms with Crippen molar-refractivity contribution < 1.29 is 23.9 Å². The summed E-state index contributed by atoms with van der Waals surface area (Å²) in [7, 11) is 1.57. The van der Waals surface area contributed by atoms with Crippen LogP contribution in [-0.4, -0.2) is 45.9 Å². The monoisotopic (exact) mass is 473 g/mol. The van der Waals surface area contributed by atoms with Crippen LogP contribution in [0, 0.1) is 6.92 Å². The van der Waals surface area contributed by atoms with Gasteiger partial charge < -0.3 is 15.2 Å². The Morgan fingerprint density at radius 1 is 1.06 bits per heavy atom. The number of nitrogens with zero attached hydrogens (tertiary/aromatic N) is 3. The number of amides is 3. The molecule has 0 saturated heterocycles. The molecule has 35 heavy (non-hydrogen) atoms. The number of aromatic nitrogens is 3. The quantitative estimate of drug-likeness (QED) is 0.410. The molecule has 2 heterocycles. The number of esters is 1. The van der Waals surface area contributed by atoms with Gasteiger partial charge in [0.05, 0.1) is 35.1 Å². The Hall–Kier alpha value is -4.73. The molecule has 0 spiro atoms. The van der Waals surface area contributed by atoms with Gasteiger partial charge in [-0.05, 0) is 56.3 Å². The minimum Gasteiger partial charge on any atom is -0.497 e. The number of methoxy groups -OCH3 is 1. The number of nitrogens with two attached hydrogens (primary N) is 1. The van der Waals surface area contributed by atoms with Gasteiger partial charge in [0, 0.05) is 5.56 Å². The Balaban J connectivity index is 1.86. The lowest BCUT2D eigenvalue weighted by atomic mass is 10.1. The number of hydrogen-bond donors (Lipinski definition) is 2. The number of rotatable bonds is 6. The average molecular weight is 473 g/mol.